The van der Waals surface area contributed by atoms with Crippen molar-refractivity contribution in [2.24, 2.45) is 11.0 Å². The van der Waals surface area contributed by atoms with Crippen molar-refractivity contribution in [3.05, 3.63) is 35.6 Å². The second-order valence-electron chi connectivity index (χ2n) is 4.37. The van der Waals surface area contributed by atoms with E-state index in [1.165, 1.54) is 12.1 Å². The Bertz CT molecular complexity index is 427. The van der Waals surface area contributed by atoms with Crippen LogP contribution in [0.4, 0.5) is 4.39 Å². The van der Waals surface area contributed by atoms with E-state index in [0.29, 0.717) is 5.92 Å². The number of benzene rings is 1. The largest absolute Gasteiger partial charge is 0.274 e. The molecule has 0 atom stereocenters. The van der Waals surface area contributed by atoms with Gasteiger partial charge in [-0.1, -0.05) is 26.0 Å². The fourth-order valence-corrected chi connectivity index (χ4v) is 1.49. The number of rotatable bonds is 4. The number of hydrogen-bond acceptors (Lipinski definition) is 2. The van der Waals surface area contributed by atoms with Crippen LogP contribution in [0.15, 0.2) is 29.4 Å². The normalized spacial score (nSPS) is 11.7. The Hall–Kier alpha value is -1.71. The zero-order valence-electron chi connectivity index (χ0n) is 10.3. The zero-order chi connectivity index (χ0) is 12.8. The van der Waals surface area contributed by atoms with Gasteiger partial charge in [0, 0.05) is 5.71 Å². The van der Waals surface area contributed by atoms with Crippen LogP contribution in [0.2, 0.25) is 0 Å². The molecule has 1 rings (SSSR count). The third-order valence-electron chi connectivity index (χ3n) is 2.17. The van der Waals surface area contributed by atoms with Crippen LogP contribution in [0.5, 0.6) is 0 Å². The second kappa shape index (κ2) is 6.13. The first-order chi connectivity index (χ1) is 8.00. The predicted molar refractivity (Wildman–Crippen MR) is 66.4 cm³/mol. The first-order valence-corrected chi connectivity index (χ1v) is 5.58. The van der Waals surface area contributed by atoms with E-state index in [-0.39, 0.29) is 5.56 Å². The van der Waals surface area contributed by atoms with Crippen molar-refractivity contribution in [1.82, 2.24) is 5.43 Å². The zero-order valence-corrected chi connectivity index (χ0v) is 10.3. The summed E-state index contributed by atoms with van der Waals surface area (Å²) in [5.41, 5.74) is 3.19. The minimum Gasteiger partial charge on any atom is -0.267 e. The molecule has 1 aromatic rings. The highest BCUT2D eigenvalue weighted by Gasteiger charge is 2.09. The van der Waals surface area contributed by atoms with Gasteiger partial charge in [-0.05, 0) is 31.4 Å². The van der Waals surface area contributed by atoms with Gasteiger partial charge in [0.1, 0.15) is 5.82 Å². The van der Waals surface area contributed by atoms with E-state index in [9.17, 15) is 9.18 Å². The lowest BCUT2D eigenvalue weighted by molar-refractivity contribution is 0.0950. The lowest BCUT2D eigenvalue weighted by Crippen LogP contribution is -2.20. The highest BCUT2D eigenvalue weighted by molar-refractivity contribution is 5.95. The number of carbonyl (C=O) groups excluding carboxylic acids is 1. The van der Waals surface area contributed by atoms with Crippen LogP contribution in [0.1, 0.15) is 37.6 Å². The summed E-state index contributed by atoms with van der Waals surface area (Å²) in [6, 6.07) is 5.83. The Morgan fingerprint density at radius 3 is 2.65 bits per heavy atom. The molecular weight excluding hydrogens is 219 g/mol. The predicted octanol–water partition coefficient (Wildman–Crippen LogP) is 2.98. The molecule has 0 bridgehead atoms. The molecule has 0 aromatic heterocycles. The number of halogens is 1. The van der Waals surface area contributed by atoms with Gasteiger partial charge in [-0.25, -0.2) is 9.82 Å². The van der Waals surface area contributed by atoms with Crippen molar-refractivity contribution in [3.8, 4) is 0 Å². The number of amides is 1. The van der Waals surface area contributed by atoms with Crippen molar-refractivity contribution in [2.45, 2.75) is 27.2 Å². The van der Waals surface area contributed by atoms with Crippen molar-refractivity contribution in [1.29, 1.82) is 0 Å². The Labute approximate surface area is 101 Å². The minimum absolute atomic E-state index is 0.00796. The van der Waals surface area contributed by atoms with Gasteiger partial charge in [-0.15, -0.1) is 0 Å². The van der Waals surface area contributed by atoms with Gasteiger partial charge in [-0.2, -0.15) is 5.10 Å². The SMILES string of the molecule is CC(CC(C)C)=NNC(=O)c1ccccc1F. The van der Waals surface area contributed by atoms with Gasteiger partial charge in [-0.3, -0.25) is 4.79 Å². The van der Waals surface area contributed by atoms with Gasteiger partial charge in [0.2, 0.25) is 0 Å². The summed E-state index contributed by atoms with van der Waals surface area (Å²) in [4.78, 5) is 11.6. The van der Waals surface area contributed by atoms with Gasteiger partial charge in [0.25, 0.3) is 5.91 Å². The fourth-order valence-electron chi connectivity index (χ4n) is 1.49. The standard InChI is InChI=1S/C13H17FN2O/c1-9(2)8-10(3)15-16-13(17)11-6-4-5-7-12(11)14/h4-7,9H,8H2,1-3H3,(H,16,17). The third kappa shape index (κ3) is 4.34. The highest BCUT2D eigenvalue weighted by atomic mass is 19.1. The van der Waals surface area contributed by atoms with E-state index >= 15 is 0 Å². The average Bonchev–Trinajstić information content (AvgIpc) is 2.25. The third-order valence-corrected chi connectivity index (χ3v) is 2.17. The summed E-state index contributed by atoms with van der Waals surface area (Å²) in [5, 5.41) is 3.93. The molecule has 92 valence electrons. The van der Waals surface area contributed by atoms with Gasteiger partial charge < -0.3 is 0 Å². The summed E-state index contributed by atoms with van der Waals surface area (Å²) in [6.45, 7) is 5.97. The first kappa shape index (κ1) is 13.4. The highest BCUT2D eigenvalue weighted by Crippen LogP contribution is 2.06. The van der Waals surface area contributed by atoms with Crippen LogP contribution >= 0.6 is 0 Å². The summed E-state index contributed by atoms with van der Waals surface area (Å²) in [5.74, 6) is -0.586. The molecule has 0 aliphatic carbocycles. The van der Waals surface area contributed by atoms with Gasteiger partial charge >= 0.3 is 0 Å². The lowest BCUT2D eigenvalue weighted by atomic mass is 10.1. The molecule has 0 aliphatic rings. The smallest absolute Gasteiger partial charge is 0.267 e. The van der Waals surface area contributed by atoms with Crippen molar-refractivity contribution in [3.63, 3.8) is 0 Å². The van der Waals surface area contributed by atoms with Gasteiger partial charge in [0.05, 0.1) is 5.56 Å². The molecule has 3 nitrogen and oxygen atoms in total. The number of carbonyl (C=O) groups is 1. The monoisotopic (exact) mass is 236 g/mol. The summed E-state index contributed by atoms with van der Waals surface area (Å²) < 4.78 is 13.3. The maximum Gasteiger partial charge on any atom is 0.274 e. The van der Waals surface area contributed by atoms with E-state index in [1.54, 1.807) is 12.1 Å². The van der Waals surface area contributed by atoms with Crippen LogP contribution in [-0.2, 0) is 0 Å². The molecule has 0 radical (unpaired) electrons. The maximum absolute atomic E-state index is 13.3. The fraction of sp³-hybridized carbons (Fsp3) is 0.385. The van der Waals surface area contributed by atoms with Crippen LogP contribution in [-0.4, -0.2) is 11.6 Å². The lowest BCUT2D eigenvalue weighted by Gasteiger charge is -2.05. The van der Waals surface area contributed by atoms with Crippen LogP contribution in [0, 0.1) is 11.7 Å². The van der Waals surface area contributed by atoms with E-state index in [1.807, 2.05) is 6.92 Å². The second-order valence-corrected chi connectivity index (χ2v) is 4.37. The molecule has 17 heavy (non-hydrogen) atoms. The minimum atomic E-state index is -0.540. The molecule has 1 amide bonds. The maximum atomic E-state index is 13.3. The molecule has 1 N–H and O–H groups in total. The average molecular weight is 236 g/mol. The molecule has 4 heteroatoms. The topological polar surface area (TPSA) is 41.5 Å². The molecular formula is C13H17FN2O. The molecule has 0 heterocycles. The Kier molecular flexibility index (Phi) is 4.82. The number of hydrazone groups is 1. The number of hydrogen-bond donors (Lipinski definition) is 1. The molecule has 0 unspecified atom stereocenters. The van der Waals surface area contributed by atoms with Crippen LogP contribution in [0.3, 0.4) is 0 Å². The molecule has 0 fully saturated rings. The summed E-state index contributed by atoms with van der Waals surface area (Å²) in [7, 11) is 0. The quantitative estimate of drug-likeness (QED) is 0.633. The van der Waals surface area contributed by atoms with E-state index in [0.717, 1.165) is 12.1 Å². The summed E-state index contributed by atoms with van der Waals surface area (Å²) >= 11 is 0. The Balaban J connectivity index is 2.65. The first-order valence-electron chi connectivity index (χ1n) is 5.58. The van der Waals surface area contributed by atoms with Crippen molar-refractivity contribution in [2.75, 3.05) is 0 Å². The Morgan fingerprint density at radius 2 is 2.06 bits per heavy atom. The van der Waals surface area contributed by atoms with Crippen LogP contribution in [0.25, 0.3) is 0 Å². The van der Waals surface area contributed by atoms with E-state index < -0.39 is 11.7 Å². The van der Waals surface area contributed by atoms with Crippen LogP contribution < -0.4 is 5.43 Å². The number of nitrogens with zero attached hydrogens (tertiary/aromatic N) is 1. The van der Waals surface area contributed by atoms with E-state index in [2.05, 4.69) is 24.4 Å². The van der Waals surface area contributed by atoms with Crippen molar-refractivity contribution >= 4 is 11.6 Å². The molecule has 0 aliphatic heterocycles. The van der Waals surface area contributed by atoms with Gasteiger partial charge in [0.15, 0.2) is 0 Å². The molecule has 0 spiro atoms. The Morgan fingerprint density at radius 1 is 1.41 bits per heavy atom. The number of nitrogens with one attached hydrogen (secondary N) is 1. The van der Waals surface area contributed by atoms with E-state index in [4.69, 9.17) is 0 Å². The molecule has 0 saturated heterocycles. The van der Waals surface area contributed by atoms with Crippen molar-refractivity contribution < 1.29 is 9.18 Å². The summed E-state index contributed by atoms with van der Waals surface area (Å²) in [6.07, 6.45) is 0.803. The molecule has 0 saturated carbocycles. The molecule has 1 aromatic carbocycles.